The Bertz CT molecular complexity index is 918. The molecule has 4 rings (SSSR count). The summed E-state index contributed by atoms with van der Waals surface area (Å²) in [4.78, 5) is 20.2. The van der Waals surface area contributed by atoms with Crippen molar-refractivity contribution in [3.05, 3.63) is 71.3 Å². The van der Waals surface area contributed by atoms with E-state index in [1.165, 1.54) is 37.1 Å². The van der Waals surface area contributed by atoms with E-state index in [-0.39, 0.29) is 23.7 Å². The van der Waals surface area contributed by atoms with Crippen LogP contribution in [0.4, 0.5) is 13.6 Å². The van der Waals surface area contributed by atoms with E-state index in [2.05, 4.69) is 29.1 Å². The molecule has 34 heavy (non-hydrogen) atoms. The molecule has 2 aliphatic rings. The van der Waals surface area contributed by atoms with E-state index < -0.39 is 6.04 Å². The van der Waals surface area contributed by atoms with Gasteiger partial charge in [-0.15, -0.1) is 0 Å². The van der Waals surface area contributed by atoms with Gasteiger partial charge in [-0.25, -0.2) is 13.6 Å². The second-order valence-electron chi connectivity index (χ2n) is 9.89. The lowest BCUT2D eigenvalue weighted by atomic mass is 9.96. The summed E-state index contributed by atoms with van der Waals surface area (Å²) < 4.78 is 28.0. The molecule has 5 nitrogen and oxygen atoms in total. The maximum Gasteiger partial charge on any atom is 0.318 e. The summed E-state index contributed by atoms with van der Waals surface area (Å²) in [5.41, 5.74) is 1.18. The minimum atomic E-state index is -0.635. The molecular weight excluding hydrogens is 434 g/mol. The summed E-state index contributed by atoms with van der Waals surface area (Å²) in [6.07, 6.45) is 3.37. The van der Waals surface area contributed by atoms with E-state index >= 15 is 0 Å². The molecule has 2 aliphatic heterocycles. The Morgan fingerprint density at radius 1 is 1.00 bits per heavy atom. The van der Waals surface area contributed by atoms with Crippen LogP contribution < -0.4 is 5.32 Å². The van der Waals surface area contributed by atoms with E-state index in [1.54, 1.807) is 24.3 Å². The first-order valence-corrected chi connectivity index (χ1v) is 12.4. The van der Waals surface area contributed by atoms with Crippen molar-refractivity contribution in [3.63, 3.8) is 0 Å². The van der Waals surface area contributed by atoms with Crippen LogP contribution in [0.3, 0.4) is 0 Å². The molecule has 0 spiro atoms. The fourth-order valence-corrected chi connectivity index (χ4v) is 5.26. The number of benzene rings is 2. The Morgan fingerprint density at radius 3 is 2.21 bits per heavy atom. The number of hydrogen-bond acceptors (Lipinski definition) is 3. The third-order valence-electron chi connectivity index (χ3n) is 7.18. The molecule has 1 atom stereocenters. The van der Waals surface area contributed by atoms with Crippen LogP contribution in [0.1, 0.15) is 43.4 Å². The topological polar surface area (TPSA) is 38.8 Å². The van der Waals surface area contributed by atoms with Crippen LogP contribution in [0.5, 0.6) is 0 Å². The van der Waals surface area contributed by atoms with Gasteiger partial charge in [0, 0.05) is 25.7 Å². The Balaban J connectivity index is 1.44. The van der Waals surface area contributed by atoms with E-state index in [0.717, 1.165) is 39.1 Å². The molecule has 2 aromatic carbocycles. The molecule has 0 aromatic heterocycles. The monoisotopic (exact) mass is 470 g/mol. The van der Waals surface area contributed by atoms with Crippen molar-refractivity contribution in [2.75, 3.05) is 46.3 Å². The molecule has 0 radical (unpaired) electrons. The largest absolute Gasteiger partial charge is 0.327 e. The van der Waals surface area contributed by atoms with E-state index in [1.807, 2.05) is 4.90 Å². The molecule has 2 amide bonds. The fourth-order valence-electron chi connectivity index (χ4n) is 5.26. The third kappa shape index (κ3) is 6.33. The van der Waals surface area contributed by atoms with Gasteiger partial charge in [0.1, 0.15) is 11.6 Å². The Kier molecular flexibility index (Phi) is 8.16. The summed E-state index contributed by atoms with van der Waals surface area (Å²) in [6.45, 7) is 7.97. The first-order chi connectivity index (χ1) is 16.4. The van der Waals surface area contributed by atoms with Crippen molar-refractivity contribution in [1.82, 2.24) is 20.0 Å². The number of urea groups is 1. The van der Waals surface area contributed by atoms with E-state index in [0.29, 0.717) is 23.6 Å². The summed E-state index contributed by atoms with van der Waals surface area (Å²) in [6, 6.07) is 11.5. The Hall–Kier alpha value is -2.51. The van der Waals surface area contributed by atoms with Gasteiger partial charge in [0.05, 0.1) is 6.04 Å². The minimum Gasteiger partial charge on any atom is -0.327 e. The SMILES string of the molecule is CC1CN(CC2CCN(C)CC2)CCCN1C(=O)NC(c1cccc(F)c1)c1cccc(F)c1. The number of rotatable bonds is 5. The Morgan fingerprint density at radius 2 is 1.62 bits per heavy atom. The quantitative estimate of drug-likeness (QED) is 0.699. The van der Waals surface area contributed by atoms with Crippen LogP contribution in [0.15, 0.2) is 48.5 Å². The molecule has 0 saturated carbocycles. The van der Waals surface area contributed by atoms with Gasteiger partial charge in [-0.05, 0) is 94.2 Å². The number of carbonyl (C=O) groups excluding carboxylic acids is 1. The van der Waals surface area contributed by atoms with Gasteiger partial charge in [-0.1, -0.05) is 24.3 Å². The van der Waals surface area contributed by atoms with Crippen molar-refractivity contribution in [2.45, 2.75) is 38.3 Å². The number of nitrogens with zero attached hydrogens (tertiary/aromatic N) is 3. The molecule has 2 fully saturated rings. The van der Waals surface area contributed by atoms with Crippen molar-refractivity contribution in [3.8, 4) is 0 Å². The third-order valence-corrected chi connectivity index (χ3v) is 7.18. The maximum absolute atomic E-state index is 14.0. The molecule has 2 saturated heterocycles. The molecule has 7 heteroatoms. The van der Waals surface area contributed by atoms with Crippen LogP contribution in [0.2, 0.25) is 0 Å². The first kappa shape index (κ1) is 24.6. The zero-order valence-electron chi connectivity index (χ0n) is 20.2. The van der Waals surface area contributed by atoms with Gasteiger partial charge in [0.2, 0.25) is 0 Å². The standard InChI is InChI=1S/C27H36F2N4O/c1-20-18-32(19-21-10-14-31(2)15-11-21)12-5-13-33(20)27(34)30-26(22-6-3-8-24(28)16-22)23-7-4-9-25(29)17-23/h3-4,6-9,16-17,20-21,26H,5,10-15,18-19H2,1-2H3,(H,30,34). The van der Waals surface area contributed by atoms with Crippen molar-refractivity contribution >= 4 is 6.03 Å². The number of carbonyl (C=O) groups is 1. The highest BCUT2D eigenvalue weighted by molar-refractivity contribution is 5.75. The minimum absolute atomic E-state index is 0.0504. The summed E-state index contributed by atoms with van der Waals surface area (Å²) in [7, 11) is 2.18. The van der Waals surface area contributed by atoms with Gasteiger partial charge in [0.25, 0.3) is 0 Å². The second-order valence-corrected chi connectivity index (χ2v) is 9.89. The normalized spacial score (nSPS) is 21.0. The highest BCUT2D eigenvalue weighted by Gasteiger charge is 2.29. The molecular formula is C27H36F2N4O. The van der Waals surface area contributed by atoms with Crippen molar-refractivity contribution < 1.29 is 13.6 Å². The molecule has 1 unspecified atom stereocenters. The molecule has 0 aliphatic carbocycles. The number of amides is 2. The van der Waals surface area contributed by atoms with Crippen LogP contribution in [0, 0.1) is 17.6 Å². The van der Waals surface area contributed by atoms with E-state index in [4.69, 9.17) is 0 Å². The average molecular weight is 471 g/mol. The second kappa shape index (κ2) is 11.3. The molecule has 0 bridgehead atoms. The predicted molar refractivity (Wildman–Crippen MR) is 131 cm³/mol. The number of nitrogens with one attached hydrogen (secondary N) is 1. The molecule has 2 heterocycles. The number of likely N-dealkylation sites (tertiary alicyclic amines) is 1. The lowest BCUT2D eigenvalue weighted by molar-refractivity contribution is 0.146. The van der Waals surface area contributed by atoms with Crippen molar-refractivity contribution in [1.29, 1.82) is 0 Å². The fraction of sp³-hybridized carbons (Fsp3) is 0.519. The van der Waals surface area contributed by atoms with Gasteiger partial charge < -0.3 is 20.0 Å². The zero-order chi connectivity index (χ0) is 24.1. The Labute approximate surface area is 201 Å². The number of halogens is 2. The maximum atomic E-state index is 14.0. The summed E-state index contributed by atoms with van der Waals surface area (Å²) in [5, 5.41) is 3.06. The molecule has 184 valence electrons. The average Bonchev–Trinajstić information content (AvgIpc) is 2.99. The smallest absolute Gasteiger partial charge is 0.318 e. The number of piperidine rings is 1. The summed E-state index contributed by atoms with van der Waals surface area (Å²) >= 11 is 0. The van der Waals surface area contributed by atoms with Gasteiger partial charge >= 0.3 is 6.03 Å². The highest BCUT2D eigenvalue weighted by atomic mass is 19.1. The van der Waals surface area contributed by atoms with Gasteiger partial charge in [-0.3, -0.25) is 0 Å². The summed E-state index contributed by atoms with van der Waals surface area (Å²) in [5.74, 6) is -0.0595. The van der Waals surface area contributed by atoms with Crippen LogP contribution in [-0.4, -0.2) is 73.1 Å². The molecule has 2 aromatic rings. The highest BCUT2D eigenvalue weighted by Crippen LogP contribution is 2.25. The van der Waals surface area contributed by atoms with Gasteiger partial charge in [-0.2, -0.15) is 0 Å². The zero-order valence-corrected chi connectivity index (χ0v) is 20.2. The van der Waals surface area contributed by atoms with Crippen LogP contribution in [-0.2, 0) is 0 Å². The molecule has 1 N–H and O–H groups in total. The van der Waals surface area contributed by atoms with Gasteiger partial charge in [0.15, 0.2) is 0 Å². The van der Waals surface area contributed by atoms with Crippen LogP contribution in [0.25, 0.3) is 0 Å². The lowest BCUT2D eigenvalue weighted by Crippen LogP contribution is -2.49. The van der Waals surface area contributed by atoms with E-state index in [9.17, 15) is 13.6 Å². The first-order valence-electron chi connectivity index (χ1n) is 12.4. The van der Waals surface area contributed by atoms with Crippen LogP contribution >= 0.6 is 0 Å². The lowest BCUT2D eigenvalue weighted by Gasteiger charge is -2.34. The number of hydrogen-bond donors (Lipinski definition) is 1. The van der Waals surface area contributed by atoms with Crippen molar-refractivity contribution in [2.24, 2.45) is 5.92 Å². The predicted octanol–water partition coefficient (Wildman–Crippen LogP) is 4.50.